The molecule has 0 aromatic carbocycles. The third-order valence-corrected chi connectivity index (χ3v) is 3.20. The van der Waals surface area contributed by atoms with Crippen molar-refractivity contribution in [3.8, 4) is 0 Å². The SMILES string of the molecule is COC(CNC(=O)c1c(SC)nc(=O)[nH]c1C)C(=O)O. The third kappa shape index (κ3) is 3.81. The number of methoxy groups -OCH3 is 1. The summed E-state index contributed by atoms with van der Waals surface area (Å²) >= 11 is 1.16. The highest BCUT2D eigenvalue weighted by molar-refractivity contribution is 7.98. The molecule has 0 aliphatic carbocycles. The Morgan fingerprint density at radius 1 is 1.55 bits per heavy atom. The third-order valence-electron chi connectivity index (χ3n) is 2.51. The van der Waals surface area contributed by atoms with Crippen LogP contribution in [0.5, 0.6) is 0 Å². The number of carboxylic acids is 1. The minimum absolute atomic E-state index is 0.183. The number of thioether (sulfide) groups is 1. The van der Waals surface area contributed by atoms with Gasteiger partial charge in [-0.25, -0.2) is 9.59 Å². The lowest BCUT2D eigenvalue weighted by molar-refractivity contribution is -0.148. The maximum Gasteiger partial charge on any atom is 0.346 e. The number of carbonyl (C=O) groups is 2. The summed E-state index contributed by atoms with van der Waals surface area (Å²) in [4.78, 5) is 40.2. The van der Waals surface area contributed by atoms with Gasteiger partial charge in [0.25, 0.3) is 5.91 Å². The summed E-state index contributed by atoms with van der Waals surface area (Å²) in [5, 5.41) is 11.5. The minimum Gasteiger partial charge on any atom is -0.479 e. The van der Waals surface area contributed by atoms with Crippen LogP contribution >= 0.6 is 11.8 Å². The summed E-state index contributed by atoms with van der Waals surface area (Å²) in [6, 6.07) is 0. The first kappa shape index (κ1) is 16.2. The summed E-state index contributed by atoms with van der Waals surface area (Å²) in [6.45, 7) is 1.39. The molecule has 0 spiro atoms. The standard InChI is InChI=1S/C11H15N3O5S/c1-5-7(9(20-3)14-11(18)13-5)8(15)12-4-6(19-2)10(16)17/h6H,4H2,1-3H3,(H,12,15)(H,16,17)(H,13,14,18). The van der Waals surface area contributed by atoms with Crippen molar-refractivity contribution in [1.82, 2.24) is 15.3 Å². The van der Waals surface area contributed by atoms with Crippen LogP contribution in [-0.2, 0) is 9.53 Å². The van der Waals surface area contributed by atoms with Gasteiger partial charge in [-0.05, 0) is 13.2 Å². The number of aryl methyl sites for hydroxylation is 1. The maximum atomic E-state index is 12.1. The first-order chi connectivity index (χ1) is 9.40. The lowest BCUT2D eigenvalue weighted by atomic mass is 10.2. The number of ether oxygens (including phenoxy) is 1. The normalized spacial score (nSPS) is 11.9. The number of nitrogens with zero attached hydrogens (tertiary/aromatic N) is 1. The van der Waals surface area contributed by atoms with E-state index in [2.05, 4.69) is 15.3 Å². The molecule has 0 aliphatic heterocycles. The Morgan fingerprint density at radius 2 is 2.20 bits per heavy atom. The Labute approximate surface area is 118 Å². The molecule has 1 rings (SSSR count). The van der Waals surface area contributed by atoms with Crippen LogP contribution in [0.1, 0.15) is 16.1 Å². The van der Waals surface area contributed by atoms with Crippen LogP contribution in [0, 0.1) is 6.92 Å². The van der Waals surface area contributed by atoms with Gasteiger partial charge in [-0.1, -0.05) is 0 Å². The van der Waals surface area contributed by atoms with Crippen molar-refractivity contribution in [1.29, 1.82) is 0 Å². The van der Waals surface area contributed by atoms with E-state index in [1.54, 1.807) is 13.2 Å². The number of aromatic amines is 1. The first-order valence-corrected chi connectivity index (χ1v) is 6.81. The second-order valence-corrected chi connectivity index (χ2v) is 4.62. The number of aromatic nitrogens is 2. The summed E-state index contributed by atoms with van der Waals surface area (Å²) < 4.78 is 4.71. The molecule has 1 heterocycles. The molecule has 0 bridgehead atoms. The van der Waals surface area contributed by atoms with Crippen LogP contribution in [0.4, 0.5) is 0 Å². The topological polar surface area (TPSA) is 121 Å². The first-order valence-electron chi connectivity index (χ1n) is 5.59. The van der Waals surface area contributed by atoms with Crippen LogP contribution < -0.4 is 11.0 Å². The highest BCUT2D eigenvalue weighted by atomic mass is 32.2. The molecule has 0 fully saturated rings. The molecule has 1 unspecified atom stereocenters. The van der Waals surface area contributed by atoms with Crippen molar-refractivity contribution in [2.45, 2.75) is 18.1 Å². The quantitative estimate of drug-likeness (QED) is 0.484. The number of aliphatic carboxylic acids is 1. The number of rotatable bonds is 6. The van der Waals surface area contributed by atoms with E-state index in [1.807, 2.05) is 0 Å². The number of carbonyl (C=O) groups excluding carboxylic acids is 1. The van der Waals surface area contributed by atoms with Gasteiger partial charge in [0.05, 0.1) is 12.1 Å². The van der Waals surface area contributed by atoms with E-state index >= 15 is 0 Å². The van der Waals surface area contributed by atoms with E-state index in [0.717, 1.165) is 11.8 Å². The van der Waals surface area contributed by atoms with E-state index in [0.29, 0.717) is 5.69 Å². The van der Waals surface area contributed by atoms with E-state index in [-0.39, 0.29) is 17.1 Å². The van der Waals surface area contributed by atoms with E-state index in [9.17, 15) is 14.4 Å². The number of nitrogens with one attached hydrogen (secondary N) is 2. The van der Waals surface area contributed by atoms with Gasteiger partial charge < -0.3 is 20.1 Å². The zero-order chi connectivity index (χ0) is 15.3. The highest BCUT2D eigenvalue weighted by Crippen LogP contribution is 2.17. The summed E-state index contributed by atoms with van der Waals surface area (Å²) in [5.41, 5.74) is 0.0530. The van der Waals surface area contributed by atoms with Gasteiger partial charge in [0, 0.05) is 12.8 Å². The predicted molar refractivity (Wildman–Crippen MR) is 72.1 cm³/mol. The molecule has 20 heavy (non-hydrogen) atoms. The molecule has 0 saturated carbocycles. The second-order valence-electron chi connectivity index (χ2n) is 3.82. The second kappa shape index (κ2) is 7.06. The van der Waals surface area contributed by atoms with Crippen molar-refractivity contribution >= 4 is 23.6 Å². The Balaban J connectivity index is 2.93. The van der Waals surface area contributed by atoms with Crippen molar-refractivity contribution in [2.24, 2.45) is 0 Å². The smallest absolute Gasteiger partial charge is 0.346 e. The van der Waals surface area contributed by atoms with Crippen LogP contribution in [-0.4, -0.2) is 53.0 Å². The number of hydrogen-bond donors (Lipinski definition) is 3. The molecular formula is C11H15N3O5S. The summed E-state index contributed by atoms with van der Waals surface area (Å²) in [6.07, 6.45) is 0.556. The fourth-order valence-electron chi connectivity index (χ4n) is 1.52. The molecule has 0 radical (unpaired) electrons. The van der Waals surface area contributed by atoms with Crippen LogP contribution in [0.25, 0.3) is 0 Å². The Morgan fingerprint density at radius 3 is 2.70 bits per heavy atom. The van der Waals surface area contributed by atoms with Crippen molar-refractivity contribution in [3.63, 3.8) is 0 Å². The van der Waals surface area contributed by atoms with Crippen molar-refractivity contribution in [2.75, 3.05) is 19.9 Å². The van der Waals surface area contributed by atoms with Gasteiger partial charge >= 0.3 is 11.7 Å². The number of hydrogen-bond acceptors (Lipinski definition) is 6. The lowest BCUT2D eigenvalue weighted by Crippen LogP contribution is -2.38. The molecule has 1 amide bonds. The van der Waals surface area contributed by atoms with Crippen LogP contribution in [0.15, 0.2) is 9.82 Å². The Kier molecular flexibility index (Phi) is 5.71. The zero-order valence-electron chi connectivity index (χ0n) is 11.2. The maximum absolute atomic E-state index is 12.1. The molecule has 0 saturated heterocycles. The van der Waals surface area contributed by atoms with Crippen molar-refractivity contribution in [3.05, 3.63) is 21.7 Å². The summed E-state index contributed by atoms with van der Waals surface area (Å²) in [5.74, 6) is -1.69. The molecule has 9 heteroatoms. The van der Waals surface area contributed by atoms with E-state index < -0.39 is 23.7 Å². The fourth-order valence-corrected chi connectivity index (χ4v) is 2.14. The van der Waals surface area contributed by atoms with Gasteiger partial charge in [0.2, 0.25) is 0 Å². The molecule has 110 valence electrons. The molecule has 1 aromatic rings. The summed E-state index contributed by atoms with van der Waals surface area (Å²) in [7, 11) is 1.24. The van der Waals surface area contributed by atoms with Crippen LogP contribution in [0.3, 0.4) is 0 Å². The van der Waals surface area contributed by atoms with E-state index in [1.165, 1.54) is 7.11 Å². The molecule has 0 aliphatic rings. The Hall–Kier alpha value is -1.87. The average molecular weight is 301 g/mol. The Bertz CT molecular complexity index is 572. The molecule has 1 aromatic heterocycles. The largest absolute Gasteiger partial charge is 0.479 e. The molecule has 3 N–H and O–H groups in total. The molecule has 1 atom stereocenters. The monoisotopic (exact) mass is 301 g/mol. The predicted octanol–water partition coefficient (Wildman–Crippen LogP) is -0.370. The highest BCUT2D eigenvalue weighted by Gasteiger charge is 2.21. The molecule has 8 nitrogen and oxygen atoms in total. The number of carboxylic acid groups (broad SMARTS) is 1. The van der Waals surface area contributed by atoms with Crippen molar-refractivity contribution < 1.29 is 19.4 Å². The van der Waals surface area contributed by atoms with Gasteiger partial charge in [0.1, 0.15) is 5.03 Å². The fraction of sp³-hybridized carbons (Fsp3) is 0.455. The van der Waals surface area contributed by atoms with Gasteiger partial charge in [-0.3, -0.25) is 4.79 Å². The van der Waals surface area contributed by atoms with Gasteiger partial charge in [-0.15, -0.1) is 11.8 Å². The van der Waals surface area contributed by atoms with Crippen LogP contribution in [0.2, 0.25) is 0 Å². The average Bonchev–Trinajstić information content (AvgIpc) is 2.37. The minimum atomic E-state index is -1.17. The zero-order valence-corrected chi connectivity index (χ0v) is 12.0. The lowest BCUT2D eigenvalue weighted by Gasteiger charge is -2.13. The van der Waals surface area contributed by atoms with E-state index in [4.69, 9.17) is 9.84 Å². The molecular weight excluding hydrogens is 286 g/mol. The van der Waals surface area contributed by atoms with Gasteiger partial charge in [0.15, 0.2) is 6.10 Å². The number of H-pyrrole nitrogens is 1. The number of amides is 1. The van der Waals surface area contributed by atoms with Gasteiger partial charge in [-0.2, -0.15) is 4.98 Å².